The Hall–Kier alpha value is -2.49. The van der Waals surface area contributed by atoms with Crippen LogP contribution in [-0.4, -0.2) is 51.6 Å². The number of nitrogens with one attached hydrogen (secondary N) is 1. The Kier molecular flexibility index (Phi) is 8.33. The van der Waals surface area contributed by atoms with Crippen LogP contribution in [0.15, 0.2) is 42.5 Å². The zero-order valence-corrected chi connectivity index (χ0v) is 18.1. The van der Waals surface area contributed by atoms with Gasteiger partial charge in [0, 0.05) is 30.7 Å². The number of carbonyl (C=O) groups excluding carboxylic acids is 2. The summed E-state index contributed by atoms with van der Waals surface area (Å²) < 4.78 is 43.3. The van der Waals surface area contributed by atoms with Gasteiger partial charge in [0.15, 0.2) is 6.61 Å². The van der Waals surface area contributed by atoms with Crippen molar-refractivity contribution in [2.75, 3.05) is 26.5 Å². The summed E-state index contributed by atoms with van der Waals surface area (Å²) in [4.78, 5) is 25.5. The molecule has 0 aliphatic carbocycles. The van der Waals surface area contributed by atoms with Crippen LogP contribution in [0.4, 0.5) is 4.39 Å². The van der Waals surface area contributed by atoms with Crippen LogP contribution in [0.2, 0.25) is 5.02 Å². The van der Waals surface area contributed by atoms with Gasteiger partial charge < -0.3 is 9.64 Å². The summed E-state index contributed by atoms with van der Waals surface area (Å²) in [6.45, 7) is -0.310. The predicted octanol–water partition coefficient (Wildman–Crippen LogP) is 2.39. The molecule has 0 spiro atoms. The molecule has 0 saturated carbocycles. The number of esters is 1. The van der Waals surface area contributed by atoms with E-state index in [-0.39, 0.29) is 29.2 Å². The van der Waals surface area contributed by atoms with Crippen molar-refractivity contribution in [2.45, 2.75) is 13.0 Å². The molecule has 2 aromatic rings. The van der Waals surface area contributed by atoms with Crippen molar-refractivity contribution in [3.05, 3.63) is 70.0 Å². The maximum atomic E-state index is 13.8. The molecule has 0 atom stereocenters. The van der Waals surface area contributed by atoms with E-state index in [2.05, 4.69) is 4.72 Å². The summed E-state index contributed by atoms with van der Waals surface area (Å²) in [5.74, 6) is -1.71. The number of likely N-dealkylation sites (N-methyl/N-ethyl adjacent to an activating group) is 1. The summed E-state index contributed by atoms with van der Waals surface area (Å²) >= 11 is 5.96. The van der Waals surface area contributed by atoms with Gasteiger partial charge in [-0.3, -0.25) is 4.79 Å². The van der Waals surface area contributed by atoms with Crippen molar-refractivity contribution in [1.29, 1.82) is 0 Å². The lowest BCUT2D eigenvalue weighted by molar-refractivity contribution is -0.133. The summed E-state index contributed by atoms with van der Waals surface area (Å²) in [7, 11) is -1.79. The lowest BCUT2D eigenvalue weighted by atomic mass is 10.1. The number of hydrogen-bond acceptors (Lipinski definition) is 5. The van der Waals surface area contributed by atoms with E-state index in [4.69, 9.17) is 16.3 Å². The smallest absolute Gasteiger partial charge is 0.338 e. The van der Waals surface area contributed by atoms with Crippen molar-refractivity contribution in [1.82, 2.24) is 9.62 Å². The summed E-state index contributed by atoms with van der Waals surface area (Å²) in [5.41, 5.74) is 1.27. The molecule has 0 saturated heterocycles. The van der Waals surface area contributed by atoms with E-state index in [9.17, 15) is 22.4 Å². The van der Waals surface area contributed by atoms with Gasteiger partial charge in [-0.2, -0.15) is 0 Å². The fraction of sp³-hybridized carbons (Fsp3) is 0.300. The first-order valence-electron chi connectivity index (χ1n) is 8.94. The van der Waals surface area contributed by atoms with E-state index in [1.165, 1.54) is 42.3 Å². The number of sulfonamides is 1. The Balaban J connectivity index is 1.85. The third kappa shape index (κ3) is 7.40. The minimum Gasteiger partial charge on any atom is -0.452 e. The SMILES string of the molecule is CN(Cc1c(F)cccc1Cl)C(=O)COC(=O)c1ccc(CCNS(C)(=O)=O)cc1. The molecule has 2 aromatic carbocycles. The standard InChI is InChI=1S/C20H22ClFN2O5S/c1-24(12-16-17(21)4-3-5-18(16)22)19(25)13-29-20(26)15-8-6-14(7-9-15)10-11-23-30(2,27)28/h3-9,23H,10-13H2,1-2H3. The van der Waals surface area contributed by atoms with Crippen molar-refractivity contribution in [3.8, 4) is 0 Å². The second kappa shape index (κ2) is 10.5. The second-order valence-electron chi connectivity index (χ2n) is 6.64. The number of benzene rings is 2. The van der Waals surface area contributed by atoms with E-state index >= 15 is 0 Å². The number of hydrogen-bond donors (Lipinski definition) is 1. The van der Waals surface area contributed by atoms with Gasteiger partial charge in [-0.25, -0.2) is 22.3 Å². The molecule has 0 aliphatic rings. The number of rotatable bonds is 9. The second-order valence-corrected chi connectivity index (χ2v) is 8.88. The molecule has 0 bridgehead atoms. The van der Waals surface area contributed by atoms with Crippen molar-refractivity contribution >= 4 is 33.5 Å². The van der Waals surface area contributed by atoms with Crippen LogP contribution >= 0.6 is 11.6 Å². The minimum absolute atomic E-state index is 0.0574. The molecule has 0 aliphatic heterocycles. The predicted molar refractivity (Wildman–Crippen MR) is 111 cm³/mol. The maximum Gasteiger partial charge on any atom is 0.338 e. The minimum atomic E-state index is -3.25. The maximum absolute atomic E-state index is 13.8. The van der Waals surface area contributed by atoms with E-state index in [1.807, 2.05) is 0 Å². The van der Waals surface area contributed by atoms with Crippen LogP contribution in [0.5, 0.6) is 0 Å². The summed E-state index contributed by atoms with van der Waals surface area (Å²) in [6, 6.07) is 10.7. The first-order valence-corrected chi connectivity index (χ1v) is 11.2. The lowest BCUT2D eigenvalue weighted by Gasteiger charge is -2.18. The van der Waals surface area contributed by atoms with Gasteiger partial charge in [-0.05, 0) is 36.2 Å². The van der Waals surface area contributed by atoms with Crippen LogP contribution in [0, 0.1) is 5.82 Å². The Labute approximate surface area is 179 Å². The summed E-state index contributed by atoms with van der Waals surface area (Å²) in [5, 5.41) is 0.207. The average molecular weight is 457 g/mol. The van der Waals surface area contributed by atoms with Gasteiger partial charge in [0.1, 0.15) is 5.82 Å². The third-order valence-electron chi connectivity index (χ3n) is 4.18. The Morgan fingerprint density at radius 2 is 1.83 bits per heavy atom. The van der Waals surface area contributed by atoms with Crippen LogP contribution in [0.25, 0.3) is 0 Å². The van der Waals surface area contributed by atoms with Crippen LogP contribution in [-0.2, 0) is 32.5 Å². The van der Waals surface area contributed by atoms with Gasteiger partial charge >= 0.3 is 5.97 Å². The van der Waals surface area contributed by atoms with Crippen LogP contribution in [0.3, 0.4) is 0 Å². The number of carbonyl (C=O) groups is 2. The fourth-order valence-corrected chi connectivity index (χ4v) is 3.21. The first kappa shape index (κ1) is 23.8. The molecule has 0 unspecified atom stereocenters. The Bertz CT molecular complexity index is 992. The highest BCUT2D eigenvalue weighted by molar-refractivity contribution is 7.88. The van der Waals surface area contributed by atoms with E-state index < -0.39 is 34.3 Å². The molecule has 0 fully saturated rings. The highest BCUT2D eigenvalue weighted by atomic mass is 35.5. The van der Waals surface area contributed by atoms with Crippen molar-refractivity contribution in [2.24, 2.45) is 0 Å². The molecular weight excluding hydrogens is 435 g/mol. The van der Waals surface area contributed by atoms with E-state index in [0.29, 0.717) is 6.42 Å². The zero-order chi connectivity index (χ0) is 22.3. The van der Waals surface area contributed by atoms with Crippen LogP contribution in [0.1, 0.15) is 21.5 Å². The zero-order valence-electron chi connectivity index (χ0n) is 16.5. The molecule has 162 valence electrons. The van der Waals surface area contributed by atoms with Gasteiger partial charge in [0.25, 0.3) is 5.91 Å². The van der Waals surface area contributed by atoms with Crippen molar-refractivity contribution < 1.29 is 27.1 Å². The number of ether oxygens (including phenoxy) is 1. The van der Waals surface area contributed by atoms with Gasteiger partial charge in [0.2, 0.25) is 10.0 Å². The molecule has 30 heavy (non-hydrogen) atoms. The average Bonchev–Trinajstić information content (AvgIpc) is 2.68. The molecule has 0 radical (unpaired) electrons. The molecule has 0 aromatic heterocycles. The number of nitrogens with zero attached hydrogens (tertiary/aromatic N) is 1. The Morgan fingerprint density at radius 1 is 1.17 bits per heavy atom. The fourth-order valence-electron chi connectivity index (χ4n) is 2.52. The molecule has 1 N–H and O–H groups in total. The van der Waals surface area contributed by atoms with E-state index in [1.54, 1.807) is 12.1 Å². The van der Waals surface area contributed by atoms with Crippen LogP contribution < -0.4 is 4.72 Å². The van der Waals surface area contributed by atoms with E-state index in [0.717, 1.165) is 11.8 Å². The largest absolute Gasteiger partial charge is 0.452 e. The number of amides is 1. The summed E-state index contributed by atoms with van der Waals surface area (Å²) in [6.07, 6.45) is 1.54. The van der Waals surface area contributed by atoms with Gasteiger partial charge in [-0.15, -0.1) is 0 Å². The number of halogens is 2. The third-order valence-corrected chi connectivity index (χ3v) is 5.26. The monoisotopic (exact) mass is 456 g/mol. The quantitative estimate of drug-likeness (QED) is 0.585. The highest BCUT2D eigenvalue weighted by Crippen LogP contribution is 2.20. The molecule has 7 nitrogen and oxygen atoms in total. The lowest BCUT2D eigenvalue weighted by Crippen LogP contribution is -2.31. The normalized spacial score (nSPS) is 11.2. The topological polar surface area (TPSA) is 92.8 Å². The Morgan fingerprint density at radius 3 is 2.43 bits per heavy atom. The van der Waals surface area contributed by atoms with Gasteiger partial charge in [0.05, 0.1) is 11.8 Å². The molecular formula is C20H22ClFN2O5S. The highest BCUT2D eigenvalue weighted by Gasteiger charge is 2.16. The molecule has 0 heterocycles. The van der Waals surface area contributed by atoms with Crippen molar-refractivity contribution in [3.63, 3.8) is 0 Å². The molecule has 10 heteroatoms. The molecule has 2 rings (SSSR count). The molecule has 1 amide bonds. The van der Waals surface area contributed by atoms with Gasteiger partial charge in [-0.1, -0.05) is 29.8 Å². The first-order chi connectivity index (χ1) is 14.1.